The average Bonchev–Trinajstić information content (AvgIpc) is 3.30. The van der Waals surface area contributed by atoms with Gasteiger partial charge in [0.2, 0.25) is 5.91 Å². The molecule has 1 heterocycles. The van der Waals surface area contributed by atoms with Gasteiger partial charge in [0.1, 0.15) is 11.3 Å². The molecule has 1 N–H and O–H groups in total. The van der Waals surface area contributed by atoms with Crippen molar-refractivity contribution in [2.75, 3.05) is 6.61 Å². The number of hydrogen-bond donors (Lipinski definition) is 1. The Kier molecular flexibility index (Phi) is 6.79. The summed E-state index contributed by atoms with van der Waals surface area (Å²) >= 11 is 6.22. The van der Waals surface area contributed by atoms with Crippen LogP contribution >= 0.6 is 11.6 Å². The first-order valence-electron chi connectivity index (χ1n) is 11.9. The summed E-state index contributed by atoms with van der Waals surface area (Å²) in [6, 6.07) is 26.0. The Bertz CT molecular complexity index is 1590. The smallest absolute Gasteiger partial charge is 0.244 e. The van der Waals surface area contributed by atoms with Gasteiger partial charge in [-0.1, -0.05) is 72.3 Å². The molecule has 5 aromatic rings. The molecule has 180 valence electrons. The molecule has 0 aliphatic rings. The number of halogens is 1. The van der Waals surface area contributed by atoms with Crippen molar-refractivity contribution >= 4 is 44.8 Å². The third kappa shape index (κ3) is 4.73. The molecular formula is C31H26ClNO3. The molecule has 0 unspecified atom stereocenters. The summed E-state index contributed by atoms with van der Waals surface area (Å²) in [6.45, 7) is 4.71. The maximum absolute atomic E-state index is 12.7. The molecule has 0 aliphatic heterocycles. The van der Waals surface area contributed by atoms with Gasteiger partial charge in [-0.2, -0.15) is 0 Å². The number of allylic oxidation sites excluding steroid dienone is 1. The molecule has 1 amide bonds. The van der Waals surface area contributed by atoms with Gasteiger partial charge < -0.3 is 14.5 Å². The van der Waals surface area contributed by atoms with Crippen LogP contribution in [0.3, 0.4) is 0 Å². The van der Waals surface area contributed by atoms with Gasteiger partial charge in [-0.3, -0.25) is 4.79 Å². The van der Waals surface area contributed by atoms with E-state index in [0.717, 1.165) is 44.2 Å². The van der Waals surface area contributed by atoms with Gasteiger partial charge in [-0.15, -0.1) is 0 Å². The lowest BCUT2D eigenvalue weighted by Crippen LogP contribution is -2.20. The van der Waals surface area contributed by atoms with Gasteiger partial charge >= 0.3 is 0 Å². The van der Waals surface area contributed by atoms with Crippen LogP contribution in [0, 0.1) is 0 Å². The first-order valence-corrected chi connectivity index (χ1v) is 12.3. The van der Waals surface area contributed by atoms with E-state index >= 15 is 0 Å². The molecule has 0 aliphatic carbocycles. The third-order valence-electron chi connectivity index (χ3n) is 6.24. The van der Waals surface area contributed by atoms with Gasteiger partial charge in [0.15, 0.2) is 0 Å². The molecule has 0 bridgehead atoms. The minimum Gasteiger partial charge on any atom is -0.493 e. The predicted octanol–water partition coefficient (Wildman–Crippen LogP) is 8.02. The van der Waals surface area contributed by atoms with Crippen molar-refractivity contribution in [3.63, 3.8) is 0 Å². The van der Waals surface area contributed by atoms with Crippen molar-refractivity contribution in [2.24, 2.45) is 0 Å². The van der Waals surface area contributed by atoms with E-state index in [1.165, 1.54) is 5.39 Å². The largest absolute Gasteiger partial charge is 0.493 e. The Hall–Kier alpha value is -4.02. The number of nitrogens with one attached hydrogen (secondary N) is 1. The minimum atomic E-state index is -0.198. The third-order valence-corrected chi connectivity index (χ3v) is 6.61. The number of rotatable bonds is 7. The lowest BCUT2D eigenvalue weighted by molar-refractivity contribution is -0.116. The molecule has 4 nitrogen and oxygen atoms in total. The van der Waals surface area contributed by atoms with Crippen LogP contribution in [0.5, 0.6) is 5.75 Å². The highest BCUT2D eigenvalue weighted by Gasteiger charge is 2.16. The Morgan fingerprint density at radius 1 is 0.972 bits per heavy atom. The molecule has 5 rings (SSSR count). The first kappa shape index (κ1) is 23.7. The second kappa shape index (κ2) is 10.3. The van der Waals surface area contributed by atoms with Crippen molar-refractivity contribution in [3.8, 4) is 16.9 Å². The number of furan rings is 1. The van der Waals surface area contributed by atoms with Crippen LogP contribution in [0.25, 0.3) is 38.4 Å². The van der Waals surface area contributed by atoms with E-state index in [1.54, 1.807) is 12.3 Å². The van der Waals surface area contributed by atoms with Crippen molar-refractivity contribution in [2.45, 2.75) is 20.4 Å². The molecule has 0 spiro atoms. The maximum atomic E-state index is 12.7. The van der Waals surface area contributed by atoms with Crippen molar-refractivity contribution in [3.05, 3.63) is 107 Å². The molecule has 0 saturated carbocycles. The zero-order valence-corrected chi connectivity index (χ0v) is 20.9. The molecule has 5 heteroatoms. The maximum Gasteiger partial charge on any atom is 0.244 e. The first-order chi connectivity index (χ1) is 17.5. The fraction of sp³-hybridized carbons (Fsp3) is 0.129. The number of ether oxygens (including phenoxy) is 1. The van der Waals surface area contributed by atoms with Gasteiger partial charge in [0, 0.05) is 40.2 Å². The molecule has 1 aromatic heterocycles. The van der Waals surface area contributed by atoms with Crippen LogP contribution in [-0.2, 0) is 11.3 Å². The van der Waals surface area contributed by atoms with Gasteiger partial charge in [0.05, 0.1) is 12.9 Å². The predicted molar refractivity (Wildman–Crippen MR) is 147 cm³/mol. The normalized spacial score (nSPS) is 11.7. The van der Waals surface area contributed by atoms with Crippen LogP contribution in [0.15, 0.2) is 95.6 Å². The minimum absolute atomic E-state index is 0.198. The molecule has 4 aromatic carbocycles. The van der Waals surface area contributed by atoms with E-state index in [0.29, 0.717) is 23.9 Å². The summed E-state index contributed by atoms with van der Waals surface area (Å²) in [6.07, 6.45) is 3.39. The second-order valence-electron chi connectivity index (χ2n) is 8.59. The zero-order valence-electron chi connectivity index (χ0n) is 20.2. The van der Waals surface area contributed by atoms with E-state index in [2.05, 4.69) is 35.6 Å². The summed E-state index contributed by atoms with van der Waals surface area (Å²) in [5.74, 6) is 0.480. The van der Waals surface area contributed by atoms with Gasteiger partial charge in [0.25, 0.3) is 0 Å². The summed E-state index contributed by atoms with van der Waals surface area (Å²) in [5.41, 5.74) is 5.35. The highest BCUT2D eigenvalue weighted by molar-refractivity contribution is 6.31. The summed E-state index contributed by atoms with van der Waals surface area (Å²) in [5, 5.41) is 6.84. The van der Waals surface area contributed by atoms with E-state index in [9.17, 15) is 4.79 Å². The Morgan fingerprint density at radius 2 is 1.75 bits per heavy atom. The summed E-state index contributed by atoms with van der Waals surface area (Å²) in [4.78, 5) is 12.7. The van der Waals surface area contributed by atoms with Crippen LogP contribution < -0.4 is 10.1 Å². The number of fused-ring (bicyclic) bond motifs is 2. The van der Waals surface area contributed by atoms with Crippen LogP contribution in [0.4, 0.5) is 0 Å². The summed E-state index contributed by atoms with van der Waals surface area (Å²) < 4.78 is 11.9. The van der Waals surface area contributed by atoms with E-state index in [-0.39, 0.29) is 5.91 Å². The van der Waals surface area contributed by atoms with Crippen molar-refractivity contribution in [1.82, 2.24) is 5.32 Å². The standard InChI is InChI=1S/C31H26ClNO3/c1-3-35-29-17-30-26(27(19-36-30)24-13-8-11-21-9-4-6-12-23(21)24)16-25(29)20(2)15-31(34)33-18-22-10-5-7-14-28(22)32/h4-17,19H,3,18H2,1-2H3,(H,33,34)/b20-15+. The number of carbonyl (C=O) groups excluding carboxylic acids is 1. The monoisotopic (exact) mass is 495 g/mol. The van der Waals surface area contributed by atoms with Crippen molar-refractivity contribution in [1.29, 1.82) is 0 Å². The van der Waals surface area contributed by atoms with E-state index in [1.807, 2.05) is 62.4 Å². The molecule has 0 atom stereocenters. The number of benzene rings is 4. The highest BCUT2D eigenvalue weighted by Crippen LogP contribution is 2.39. The van der Waals surface area contributed by atoms with Gasteiger partial charge in [-0.25, -0.2) is 0 Å². The molecule has 0 fully saturated rings. The lowest BCUT2D eigenvalue weighted by Gasteiger charge is -2.12. The second-order valence-corrected chi connectivity index (χ2v) is 9.00. The topological polar surface area (TPSA) is 51.5 Å². The Morgan fingerprint density at radius 3 is 2.58 bits per heavy atom. The summed E-state index contributed by atoms with van der Waals surface area (Å²) in [7, 11) is 0. The van der Waals surface area contributed by atoms with Gasteiger partial charge in [-0.05, 0) is 53.5 Å². The zero-order chi connectivity index (χ0) is 25.1. The Balaban J connectivity index is 1.52. The Labute approximate surface area is 215 Å². The average molecular weight is 496 g/mol. The molecular weight excluding hydrogens is 470 g/mol. The SMILES string of the molecule is CCOc1cc2occ(-c3cccc4ccccc34)c2cc1/C(C)=C/C(=O)NCc1ccccc1Cl. The van der Waals surface area contributed by atoms with Crippen LogP contribution in [-0.4, -0.2) is 12.5 Å². The molecule has 0 radical (unpaired) electrons. The number of amides is 1. The van der Waals surface area contributed by atoms with E-state index in [4.69, 9.17) is 20.8 Å². The lowest BCUT2D eigenvalue weighted by atomic mass is 9.96. The number of hydrogen-bond acceptors (Lipinski definition) is 3. The quantitative estimate of drug-likeness (QED) is 0.232. The fourth-order valence-corrected chi connectivity index (χ4v) is 4.66. The van der Waals surface area contributed by atoms with E-state index < -0.39 is 0 Å². The van der Waals surface area contributed by atoms with Crippen LogP contribution in [0.1, 0.15) is 25.0 Å². The number of carbonyl (C=O) groups is 1. The highest BCUT2D eigenvalue weighted by atomic mass is 35.5. The molecule has 36 heavy (non-hydrogen) atoms. The van der Waals surface area contributed by atoms with Crippen LogP contribution in [0.2, 0.25) is 5.02 Å². The molecule has 0 saturated heterocycles. The fourth-order valence-electron chi connectivity index (χ4n) is 4.46. The van der Waals surface area contributed by atoms with Crippen molar-refractivity contribution < 1.29 is 13.9 Å².